The maximum Gasteiger partial charge on any atom is 0.320 e. The number of aliphatic imine (C=N–C) groups is 1. The molecule has 0 aliphatic carbocycles. The molecule has 0 saturated carbocycles. The van der Waals surface area contributed by atoms with Crippen LogP contribution in [0.4, 0.5) is 16.2 Å². The van der Waals surface area contributed by atoms with E-state index in [0.717, 1.165) is 5.56 Å². The zero-order valence-corrected chi connectivity index (χ0v) is 18.6. The van der Waals surface area contributed by atoms with E-state index in [-0.39, 0.29) is 19.0 Å². The first-order valence-corrected chi connectivity index (χ1v) is 10.2. The SMILES string of the molecule is NC(N)=Nc1ccc(CNC(=O)CNC(=O)C(CO)NC(=O)Nc2ccccc2Br)cc1. The van der Waals surface area contributed by atoms with Gasteiger partial charge in [-0.05, 0) is 45.8 Å². The summed E-state index contributed by atoms with van der Waals surface area (Å²) in [6.07, 6.45) is 0. The molecule has 9 N–H and O–H groups in total. The fraction of sp³-hybridized carbons (Fsp3) is 0.200. The molecule has 0 heterocycles. The van der Waals surface area contributed by atoms with Gasteiger partial charge in [0.05, 0.1) is 24.5 Å². The first-order chi connectivity index (χ1) is 15.3. The molecule has 2 aromatic carbocycles. The molecular formula is C20H24BrN7O4. The van der Waals surface area contributed by atoms with E-state index in [9.17, 15) is 19.5 Å². The Labute approximate surface area is 192 Å². The molecule has 32 heavy (non-hydrogen) atoms. The number of carbonyl (C=O) groups excluding carboxylic acids is 3. The van der Waals surface area contributed by atoms with E-state index < -0.39 is 30.5 Å². The number of urea groups is 1. The summed E-state index contributed by atoms with van der Waals surface area (Å²) < 4.78 is 0.655. The van der Waals surface area contributed by atoms with Gasteiger partial charge >= 0.3 is 6.03 Å². The predicted molar refractivity (Wildman–Crippen MR) is 124 cm³/mol. The van der Waals surface area contributed by atoms with Gasteiger partial charge in [0.2, 0.25) is 11.8 Å². The minimum absolute atomic E-state index is 0.0529. The Bertz CT molecular complexity index is 978. The molecule has 0 spiro atoms. The number of benzene rings is 2. The molecule has 170 valence electrons. The third kappa shape index (κ3) is 8.24. The summed E-state index contributed by atoms with van der Waals surface area (Å²) in [7, 11) is 0. The number of nitrogens with one attached hydrogen (secondary N) is 4. The standard InChI is InChI=1S/C20H24BrN7O4/c21-14-3-1-2-4-15(14)27-20(32)28-16(11-29)18(31)25-10-17(30)24-9-12-5-7-13(8-6-12)26-19(22)23/h1-8,16,29H,9-11H2,(H,24,30)(H,25,31)(H4,22,23,26)(H2,27,28,32). The van der Waals surface area contributed by atoms with Crippen molar-refractivity contribution in [2.75, 3.05) is 18.5 Å². The maximum absolute atomic E-state index is 12.2. The molecule has 0 saturated heterocycles. The van der Waals surface area contributed by atoms with Gasteiger partial charge in [0, 0.05) is 11.0 Å². The van der Waals surface area contributed by atoms with E-state index in [1.54, 1.807) is 48.5 Å². The molecule has 0 fully saturated rings. The summed E-state index contributed by atoms with van der Waals surface area (Å²) in [6.45, 7) is -0.735. The lowest BCUT2D eigenvalue weighted by Gasteiger charge is -2.17. The fourth-order valence-corrected chi connectivity index (χ4v) is 2.85. The number of rotatable bonds is 9. The van der Waals surface area contributed by atoms with Crippen molar-refractivity contribution in [3.63, 3.8) is 0 Å². The lowest BCUT2D eigenvalue weighted by atomic mass is 10.2. The smallest absolute Gasteiger partial charge is 0.320 e. The summed E-state index contributed by atoms with van der Waals surface area (Å²) in [4.78, 5) is 40.2. The van der Waals surface area contributed by atoms with E-state index in [0.29, 0.717) is 15.8 Å². The average molecular weight is 506 g/mol. The summed E-state index contributed by atoms with van der Waals surface area (Å²) in [5.41, 5.74) is 12.5. The third-order valence-electron chi connectivity index (χ3n) is 4.03. The van der Waals surface area contributed by atoms with Gasteiger partial charge in [-0.3, -0.25) is 9.59 Å². The number of hydrogen-bond donors (Lipinski definition) is 7. The van der Waals surface area contributed by atoms with Crippen molar-refractivity contribution in [1.82, 2.24) is 16.0 Å². The highest BCUT2D eigenvalue weighted by atomic mass is 79.9. The van der Waals surface area contributed by atoms with E-state index in [2.05, 4.69) is 42.2 Å². The normalized spacial score (nSPS) is 11.1. The second-order valence-corrected chi connectivity index (χ2v) is 7.37. The number of halogens is 1. The van der Waals surface area contributed by atoms with Gasteiger partial charge in [-0.25, -0.2) is 9.79 Å². The Kier molecular flexibility index (Phi) is 9.44. The molecule has 11 nitrogen and oxygen atoms in total. The number of amides is 4. The number of para-hydroxylation sites is 1. The van der Waals surface area contributed by atoms with Gasteiger partial charge < -0.3 is 37.8 Å². The molecule has 1 atom stereocenters. The van der Waals surface area contributed by atoms with Crippen molar-refractivity contribution in [2.45, 2.75) is 12.6 Å². The van der Waals surface area contributed by atoms with Crippen LogP contribution in [0, 0.1) is 0 Å². The number of aliphatic hydroxyl groups excluding tert-OH is 1. The van der Waals surface area contributed by atoms with Crippen molar-refractivity contribution >= 4 is 51.1 Å². The largest absolute Gasteiger partial charge is 0.394 e. The lowest BCUT2D eigenvalue weighted by molar-refractivity contribution is -0.127. The van der Waals surface area contributed by atoms with Crippen molar-refractivity contribution in [3.8, 4) is 0 Å². The van der Waals surface area contributed by atoms with E-state index in [1.807, 2.05) is 0 Å². The van der Waals surface area contributed by atoms with Gasteiger partial charge in [0.15, 0.2) is 5.96 Å². The zero-order chi connectivity index (χ0) is 23.5. The van der Waals surface area contributed by atoms with Crippen LogP contribution in [0.3, 0.4) is 0 Å². The quantitative estimate of drug-likeness (QED) is 0.189. The molecule has 0 aliphatic heterocycles. The first kappa shape index (κ1) is 24.6. The van der Waals surface area contributed by atoms with Gasteiger partial charge in [-0.15, -0.1) is 0 Å². The number of nitrogens with two attached hydrogens (primary N) is 2. The monoisotopic (exact) mass is 505 g/mol. The minimum atomic E-state index is -1.23. The van der Waals surface area contributed by atoms with E-state index in [4.69, 9.17) is 11.5 Å². The van der Waals surface area contributed by atoms with Crippen LogP contribution in [0.5, 0.6) is 0 Å². The van der Waals surface area contributed by atoms with Crippen LogP contribution < -0.4 is 32.7 Å². The van der Waals surface area contributed by atoms with Crippen molar-refractivity contribution in [1.29, 1.82) is 0 Å². The molecule has 2 aromatic rings. The molecular weight excluding hydrogens is 482 g/mol. The van der Waals surface area contributed by atoms with Gasteiger partial charge in [0.25, 0.3) is 0 Å². The summed E-state index contributed by atoms with van der Waals surface area (Å²) in [6, 6.07) is 11.9. The number of nitrogens with zero attached hydrogens (tertiary/aromatic N) is 1. The second kappa shape index (κ2) is 12.3. The molecule has 1 unspecified atom stereocenters. The van der Waals surface area contributed by atoms with Crippen LogP contribution in [-0.4, -0.2) is 48.1 Å². The minimum Gasteiger partial charge on any atom is -0.394 e. The second-order valence-electron chi connectivity index (χ2n) is 6.51. The van der Waals surface area contributed by atoms with Crippen molar-refractivity contribution in [3.05, 3.63) is 58.6 Å². The Morgan fingerprint density at radius 1 is 1.03 bits per heavy atom. The molecule has 0 aromatic heterocycles. The van der Waals surface area contributed by atoms with Crippen molar-refractivity contribution < 1.29 is 19.5 Å². The van der Waals surface area contributed by atoms with Gasteiger partial charge in [-0.2, -0.15) is 0 Å². The Balaban J connectivity index is 1.77. The summed E-state index contributed by atoms with van der Waals surface area (Å²) >= 11 is 3.29. The molecule has 0 bridgehead atoms. The summed E-state index contributed by atoms with van der Waals surface area (Å²) in [5.74, 6) is -1.20. The third-order valence-corrected chi connectivity index (χ3v) is 4.73. The zero-order valence-electron chi connectivity index (χ0n) is 17.0. The fourth-order valence-electron chi connectivity index (χ4n) is 2.46. The Morgan fingerprint density at radius 2 is 1.72 bits per heavy atom. The molecule has 0 radical (unpaired) electrons. The molecule has 4 amide bonds. The number of hydrogen-bond acceptors (Lipinski definition) is 5. The van der Waals surface area contributed by atoms with Crippen LogP contribution in [-0.2, 0) is 16.1 Å². The topological polar surface area (TPSA) is 184 Å². The van der Waals surface area contributed by atoms with Crippen LogP contribution in [0.15, 0.2) is 58.0 Å². The number of guanidine groups is 1. The number of anilines is 1. The number of aliphatic hydroxyl groups is 1. The van der Waals surface area contributed by atoms with E-state index >= 15 is 0 Å². The summed E-state index contributed by atoms with van der Waals surface area (Å²) in [5, 5.41) is 19.3. The highest BCUT2D eigenvalue weighted by Crippen LogP contribution is 2.20. The van der Waals surface area contributed by atoms with Crippen molar-refractivity contribution in [2.24, 2.45) is 16.5 Å². The highest BCUT2D eigenvalue weighted by Gasteiger charge is 2.20. The Morgan fingerprint density at radius 3 is 2.34 bits per heavy atom. The van der Waals surface area contributed by atoms with Crippen LogP contribution >= 0.6 is 15.9 Å². The first-order valence-electron chi connectivity index (χ1n) is 9.44. The van der Waals surface area contributed by atoms with Crippen LogP contribution in [0.1, 0.15) is 5.56 Å². The van der Waals surface area contributed by atoms with Gasteiger partial charge in [-0.1, -0.05) is 24.3 Å². The average Bonchev–Trinajstić information content (AvgIpc) is 2.76. The Hall–Kier alpha value is -3.64. The van der Waals surface area contributed by atoms with Crippen LogP contribution in [0.2, 0.25) is 0 Å². The lowest BCUT2D eigenvalue weighted by Crippen LogP contribution is -2.51. The highest BCUT2D eigenvalue weighted by molar-refractivity contribution is 9.10. The maximum atomic E-state index is 12.2. The van der Waals surface area contributed by atoms with Gasteiger partial charge in [0.1, 0.15) is 6.04 Å². The van der Waals surface area contributed by atoms with Crippen LogP contribution in [0.25, 0.3) is 0 Å². The predicted octanol–water partition coefficient (Wildman–Crippen LogP) is 0.269. The van der Waals surface area contributed by atoms with E-state index in [1.165, 1.54) is 0 Å². The number of carbonyl (C=O) groups is 3. The molecule has 2 rings (SSSR count). The molecule has 12 heteroatoms. The molecule has 0 aliphatic rings.